The first-order valence-electron chi connectivity index (χ1n) is 6.09. The molecule has 0 radical (unpaired) electrons. The molecule has 0 saturated heterocycles. The van der Waals surface area contributed by atoms with Crippen molar-refractivity contribution in [1.82, 2.24) is 9.71 Å². The number of hydrogen-bond donors (Lipinski definition) is 3. The van der Waals surface area contributed by atoms with Gasteiger partial charge in [0.15, 0.2) is 0 Å². The third-order valence-corrected chi connectivity index (χ3v) is 5.20. The van der Waals surface area contributed by atoms with Crippen LogP contribution in [0.2, 0.25) is 0 Å². The summed E-state index contributed by atoms with van der Waals surface area (Å²) in [6, 6.07) is 5.16. The molecule has 108 valence electrons. The summed E-state index contributed by atoms with van der Waals surface area (Å²) in [5.74, 6) is 1.51. The fourth-order valence-corrected chi connectivity index (χ4v) is 3.74. The van der Waals surface area contributed by atoms with Crippen LogP contribution in [0.4, 0.5) is 5.69 Å². The predicted molar refractivity (Wildman–Crippen MR) is 85.4 cm³/mol. The summed E-state index contributed by atoms with van der Waals surface area (Å²) in [5, 5.41) is 0.608. The average Bonchev–Trinajstić information content (AvgIpc) is 2.82. The monoisotopic (exact) mass is 311 g/mol. The van der Waals surface area contributed by atoms with Gasteiger partial charge >= 0.3 is 0 Å². The molecule has 0 atom stereocenters. The van der Waals surface area contributed by atoms with Gasteiger partial charge in [0.2, 0.25) is 10.0 Å². The number of aromatic nitrogens is 1. The highest BCUT2D eigenvalue weighted by atomic mass is 32.2. The highest BCUT2D eigenvalue weighted by molar-refractivity contribution is 7.99. The van der Waals surface area contributed by atoms with Crippen LogP contribution in [-0.2, 0) is 10.0 Å². The van der Waals surface area contributed by atoms with Crippen molar-refractivity contribution in [2.75, 3.05) is 23.8 Å². The molecule has 1 aromatic heterocycles. The fraction of sp³-hybridized carbons (Fsp3) is 0.231. The van der Waals surface area contributed by atoms with Gasteiger partial charge in [-0.2, -0.15) is 11.8 Å². The standard InChI is InChI=1S/C13H17N3O2S2/c1-2-6-19-7-5-16-20(17,18)13-9-15-12-4-3-10(14)8-11(12)13/h2-4,8-9,15-16H,1,5-7,14H2. The Morgan fingerprint density at radius 1 is 1.45 bits per heavy atom. The lowest BCUT2D eigenvalue weighted by Gasteiger charge is -2.05. The van der Waals surface area contributed by atoms with Crippen molar-refractivity contribution in [2.45, 2.75) is 4.90 Å². The summed E-state index contributed by atoms with van der Waals surface area (Å²) < 4.78 is 27.1. The molecule has 20 heavy (non-hydrogen) atoms. The van der Waals surface area contributed by atoms with Gasteiger partial charge in [-0.05, 0) is 18.2 Å². The Kier molecular flexibility index (Phi) is 4.74. The number of rotatable bonds is 7. The van der Waals surface area contributed by atoms with Gasteiger partial charge in [-0.1, -0.05) is 6.08 Å². The molecule has 0 aliphatic carbocycles. The minimum Gasteiger partial charge on any atom is -0.399 e. The molecule has 0 spiro atoms. The highest BCUT2D eigenvalue weighted by Crippen LogP contribution is 2.24. The molecule has 7 heteroatoms. The molecule has 0 aliphatic rings. The third-order valence-electron chi connectivity index (χ3n) is 2.73. The molecule has 4 N–H and O–H groups in total. The Morgan fingerprint density at radius 2 is 2.25 bits per heavy atom. The fourth-order valence-electron chi connectivity index (χ4n) is 1.83. The number of hydrogen-bond acceptors (Lipinski definition) is 4. The van der Waals surface area contributed by atoms with Crippen molar-refractivity contribution >= 4 is 38.4 Å². The first kappa shape index (κ1) is 15.0. The maximum absolute atomic E-state index is 12.2. The molecule has 0 fully saturated rings. The molecule has 0 amide bonds. The number of nitrogen functional groups attached to an aromatic ring is 1. The first-order chi connectivity index (χ1) is 9.54. The van der Waals surface area contributed by atoms with Gasteiger partial charge in [0, 0.05) is 40.8 Å². The van der Waals surface area contributed by atoms with Crippen LogP contribution in [0.5, 0.6) is 0 Å². The number of sulfonamides is 1. The quantitative estimate of drug-likeness (QED) is 0.414. The summed E-state index contributed by atoms with van der Waals surface area (Å²) in [6.07, 6.45) is 3.28. The van der Waals surface area contributed by atoms with Gasteiger partial charge in [-0.15, -0.1) is 6.58 Å². The number of nitrogens with two attached hydrogens (primary N) is 1. The number of benzene rings is 1. The van der Waals surface area contributed by atoms with Gasteiger partial charge in [0.25, 0.3) is 0 Å². The van der Waals surface area contributed by atoms with Crippen LogP contribution < -0.4 is 10.5 Å². The highest BCUT2D eigenvalue weighted by Gasteiger charge is 2.18. The average molecular weight is 311 g/mol. The Balaban J connectivity index is 2.15. The van der Waals surface area contributed by atoms with Crippen LogP contribution in [0.15, 0.2) is 41.9 Å². The van der Waals surface area contributed by atoms with E-state index in [9.17, 15) is 8.42 Å². The number of H-pyrrole nitrogens is 1. The van der Waals surface area contributed by atoms with Crippen molar-refractivity contribution in [1.29, 1.82) is 0 Å². The second kappa shape index (κ2) is 6.34. The Hall–Kier alpha value is -1.44. The molecule has 0 unspecified atom stereocenters. The lowest BCUT2D eigenvalue weighted by Crippen LogP contribution is -2.25. The molecular formula is C13H17N3O2S2. The molecule has 2 rings (SSSR count). The lowest BCUT2D eigenvalue weighted by atomic mass is 10.2. The SMILES string of the molecule is C=CCSCCNS(=O)(=O)c1c[nH]c2ccc(N)cc12. The third kappa shape index (κ3) is 3.36. The van der Waals surface area contributed by atoms with E-state index in [1.165, 1.54) is 6.20 Å². The Labute approximate surface area is 122 Å². The number of aromatic amines is 1. The lowest BCUT2D eigenvalue weighted by molar-refractivity contribution is 0.585. The van der Waals surface area contributed by atoms with Crippen LogP contribution in [0.25, 0.3) is 10.9 Å². The van der Waals surface area contributed by atoms with Gasteiger partial charge in [-0.3, -0.25) is 0 Å². The van der Waals surface area contributed by atoms with E-state index in [-0.39, 0.29) is 4.90 Å². The molecule has 1 heterocycles. The van der Waals surface area contributed by atoms with Gasteiger partial charge < -0.3 is 10.7 Å². The summed E-state index contributed by atoms with van der Waals surface area (Å²) in [6.45, 7) is 4.00. The smallest absolute Gasteiger partial charge is 0.242 e. The summed E-state index contributed by atoms with van der Waals surface area (Å²) in [5.41, 5.74) is 7.00. The maximum atomic E-state index is 12.2. The van der Waals surface area contributed by atoms with Crippen molar-refractivity contribution in [2.24, 2.45) is 0 Å². The first-order valence-corrected chi connectivity index (χ1v) is 8.73. The van der Waals surface area contributed by atoms with E-state index in [1.54, 1.807) is 36.0 Å². The minimum atomic E-state index is -3.52. The molecule has 5 nitrogen and oxygen atoms in total. The van der Waals surface area contributed by atoms with E-state index in [4.69, 9.17) is 5.73 Å². The summed E-state index contributed by atoms with van der Waals surface area (Å²) in [4.78, 5) is 3.17. The van der Waals surface area contributed by atoms with Crippen molar-refractivity contribution in [3.05, 3.63) is 37.1 Å². The second-order valence-corrected chi connectivity index (χ2v) is 7.10. The minimum absolute atomic E-state index is 0.230. The van der Waals surface area contributed by atoms with Crippen molar-refractivity contribution < 1.29 is 8.42 Å². The zero-order valence-corrected chi connectivity index (χ0v) is 12.6. The van der Waals surface area contributed by atoms with Crippen molar-refractivity contribution in [3.8, 4) is 0 Å². The van der Waals surface area contributed by atoms with Gasteiger partial charge in [-0.25, -0.2) is 13.1 Å². The van der Waals surface area contributed by atoms with Crippen LogP contribution >= 0.6 is 11.8 Å². The number of nitrogens with one attached hydrogen (secondary N) is 2. The Bertz CT molecular complexity index is 707. The topological polar surface area (TPSA) is 88.0 Å². The zero-order valence-electron chi connectivity index (χ0n) is 10.9. The van der Waals surface area contributed by atoms with E-state index in [0.717, 1.165) is 11.3 Å². The zero-order chi connectivity index (χ0) is 14.6. The van der Waals surface area contributed by atoms with E-state index >= 15 is 0 Å². The number of fused-ring (bicyclic) bond motifs is 1. The van der Waals surface area contributed by atoms with E-state index in [1.807, 2.05) is 0 Å². The van der Waals surface area contributed by atoms with Crippen LogP contribution in [0, 0.1) is 0 Å². The Morgan fingerprint density at radius 3 is 3.00 bits per heavy atom. The number of anilines is 1. The summed E-state index contributed by atoms with van der Waals surface area (Å²) in [7, 11) is -3.52. The van der Waals surface area contributed by atoms with Crippen LogP contribution in [-0.4, -0.2) is 31.5 Å². The summed E-state index contributed by atoms with van der Waals surface area (Å²) >= 11 is 1.62. The molecule has 0 bridgehead atoms. The van der Waals surface area contributed by atoms with Gasteiger partial charge in [0.05, 0.1) is 0 Å². The van der Waals surface area contributed by atoms with Gasteiger partial charge in [0.1, 0.15) is 4.90 Å². The maximum Gasteiger partial charge on any atom is 0.242 e. The largest absolute Gasteiger partial charge is 0.399 e. The van der Waals surface area contributed by atoms with Crippen LogP contribution in [0.3, 0.4) is 0 Å². The molecule has 0 aliphatic heterocycles. The molecule has 1 aromatic carbocycles. The predicted octanol–water partition coefficient (Wildman–Crippen LogP) is 1.95. The van der Waals surface area contributed by atoms with E-state index in [0.29, 0.717) is 23.4 Å². The number of thioether (sulfide) groups is 1. The van der Waals surface area contributed by atoms with Crippen molar-refractivity contribution in [3.63, 3.8) is 0 Å². The van der Waals surface area contributed by atoms with E-state index < -0.39 is 10.0 Å². The van der Waals surface area contributed by atoms with Crippen LogP contribution in [0.1, 0.15) is 0 Å². The molecular weight excluding hydrogens is 294 g/mol. The normalized spacial score (nSPS) is 11.8. The van der Waals surface area contributed by atoms with E-state index in [2.05, 4.69) is 16.3 Å². The second-order valence-electron chi connectivity index (χ2n) is 4.22. The molecule has 2 aromatic rings. The molecule has 0 saturated carbocycles.